The van der Waals surface area contributed by atoms with Gasteiger partial charge in [0.15, 0.2) is 0 Å². The molecule has 0 heterocycles. The van der Waals surface area contributed by atoms with Crippen LogP contribution in [0.15, 0.2) is 0 Å². The maximum absolute atomic E-state index is 6.39. The van der Waals surface area contributed by atoms with Crippen molar-refractivity contribution in [3.05, 3.63) is 0 Å². The molecule has 0 saturated heterocycles. The first kappa shape index (κ1) is 39.2. The number of alkyl halides is 1. The Morgan fingerprint density at radius 2 is 0.474 bits per heavy atom. The molecular formula is C35H72ClISi. The van der Waals surface area contributed by atoms with E-state index < -0.39 is 7.38 Å². The van der Waals surface area contributed by atoms with E-state index >= 15 is 0 Å². The van der Waals surface area contributed by atoms with Crippen LogP contribution in [0.3, 0.4) is 0 Å². The molecule has 0 bridgehead atoms. The fourth-order valence-corrected chi connectivity index (χ4v) is 7.80. The van der Waals surface area contributed by atoms with E-state index in [1.807, 2.05) is 0 Å². The lowest BCUT2D eigenvalue weighted by Gasteiger charge is -2.11. The molecule has 3 heteroatoms. The summed E-state index contributed by atoms with van der Waals surface area (Å²) in [5, 5.41) is 0. The molecule has 0 aliphatic carbocycles. The number of hydrogen-bond acceptors (Lipinski definition) is 0. The summed E-state index contributed by atoms with van der Waals surface area (Å²) in [4.78, 5) is 0. The van der Waals surface area contributed by atoms with Crippen LogP contribution in [0.25, 0.3) is 0 Å². The molecule has 0 N–H and O–H groups in total. The van der Waals surface area contributed by atoms with Gasteiger partial charge in [0.1, 0.15) is 7.38 Å². The topological polar surface area (TPSA) is 0 Å². The van der Waals surface area contributed by atoms with Crippen LogP contribution < -0.4 is 0 Å². The molecule has 0 radical (unpaired) electrons. The Bertz CT molecular complexity index is 423. The molecule has 0 aliphatic rings. The van der Waals surface area contributed by atoms with Crippen molar-refractivity contribution in [3.8, 4) is 0 Å². The Balaban J connectivity index is 3.04. The first-order chi connectivity index (χ1) is 18.6. The van der Waals surface area contributed by atoms with Crippen molar-refractivity contribution < 1.29 is 0 Å². The van der Waals surface area contributed by atoms with Crippen molar-refractivity contribution in [2.45, 2.75) is 218 Å². The van der Waals surface area contributed by atoms with E-state index in [9.17, 15) is 0 Å². The first-order valence-electron chi connectivity index (χ1n) is 17.8. The van der Waals surface area contributed by atoms with Gasteiger partial charge in [0.05, 0.1) is 0 Å². The number of hydrogen-bond donors (Lipinski definition) is 0. The zero-order chi connectivity index (χ0) is 27.8. The third-order valence-corrected chi connectivity index (χ3v) is 11.3. The second-order valence-electron chi connectivity index (χ2n) is 13.1. The lowest BCUT2D eigenvalue weighted by Crippen LogP contribution is -2.14. The lowest BCUT2D eigenvalue weighted by atomic mass is 10.0. The van der Waals surface area contributed by atoms with E-state index in [-0.39, 0.29) is 0 Å². The molecule has 0 aromatic carbocycles. The summed E-state index contributed by atoms with van der Waals surface area (Å²) in [6.45, 7) is 4.55. The van der Waals surface area contributed by atoms with Crippen molar-refractivity contribution in [3.63, 3.8) is 0 Å². The molecule has 0 amide bonds. The van der Waals surface area contributed by atoms with Gasteiger partial charge >= 0.3 is 0 Å². The zero-order valence-electron chi connectivity index (χ0n) is 26.6. The van der Waals surface area contributed by atoms with Gasteiger partial charge in [-0.2, -0.15) is 11.1 Å². The predicted octanol–water partition coefficient (Wildman–Crippen LogP) is 15.0. The fraction of sp³-hybridized carbons (Fsp3) is 1.00. The predicted molar refractivity (Wildman–Crippen MR) is 190 cm³/mol. The summed E-state index contributed by atoms with van der Waals surface area (Å²) in [5.41, 5.74) is 0. The van der Waals surface area contributed by atoms with Crippen LogP contribution in [-0.4, -0.2) is 11.8 Å². The standard InChI is InChI=1S/C35H72ClISi/c1-38(2,36)35-33-31-29-27-25-23-21-19-17-15-13-11-9-7-5-3-4-6-8-10-12-14-16-18-20-22-24-26-28-30-32-34-37/h3-35H2,1-2H3. The second kappa shape index (κ2) is 32.7. The quantitative estimate of drug-likeness (QED) is 0.0212. The highest BCUT2D eigenvalue weighted by Gasteiger charge is 2.15. The van der Waals surface area contributed by atoms with Gasteiger partial charge in [0.25, 0.3) is 0 Å². The molecule has 0 nitrogen and oxygen atoms in total. The van der Waals surface area contributed by atoms with Gasteiger partial charge in [-0.1, -0.05) is 228 Å². The molecule has 0 fully saturated rings. The van der Waals surface area contributed by atoms with Crippen molar-refractivity contribution in [2.24, 2.45) is 0 Å². The monoisotopic (exact) mass is 682 g/mol. The third kappa shape index (κ3) is 37.2. The average Bonchev–Trinajstić information content (AvgIpc) is 2.88. The fourth-order valence-electron chi connectivity index (χ4n) is 5.77. The van der Waals surface area contributed by atoms with Gasteiger partial charge in [-0.3, -0.25) is 0 Å². The number of rotatable bonds is 33. The first-order valence-corrected chi connectivity index (χ1v) is 23.6. The van der Waals surface area contributed by atoms with Crippen LogP contribution in [0, 0.1) is 0 Å². The molecule has 0 rings (SSSR count). The average molecular weight is 683 g/mol. The smallest absolute Gasteiger partial charge is 0.150 e. The van der Waals surface area contributed by atoms with Gasteiger partial charge in [-0.25, -0.2) is 0 Å². The van der Waals surface area contributed by atoms with Gasteiger partial charge in [-0.05, 0) is 16.9 Å². The van der Waals surface area contributed by atoms with Crippen LogP contribution in [0.2, 0.25) is 19.1 Å². The Labute approximate surface area is 262 Å². The van der Waals surface area contributed by atoms with Gasteiger partial charge in [0, 0.05) is 0 Å². The van der Waals surface area contributed by atoms with Crippen LogP contribution in [0.1, 0.15) is 199 Å². The summed E-state index contributed by atoms with van der Waals surface area (Å²) in [6, 6.07) is 1.30. The summed E-state index contributed by atoms with van der Waals surface area (Å²) < 4.78 is 1.34. The Morgan fingerprint density at radius 3 is 0.632 bits per heavy atom. The second-order valence-corrected chi connectivity index (χ2v) is 21.2. The largest absolute Gasteiger partial charge is 0.168 e. The van der Waals surface area contributed by atoms with Gasteiger partial charge in [0.2, 0.25) is 0 Å². The lowest BCUT2D eigenvalue weighted by molar-refractivity contribution is 0.513. The molecule has 38 heavy (non-hydrogen) atoms. The Morgan fingerprint density at radius 1 is 0.316 bits per heavy atom. The van der Waals surface area contributed by atoms with E-state index in [2.05, 4.69) is 35.7 Å². The van der Waals surface area contributed by atoms with Crippen LogP contribution >= 0.6 is 33.7 Å². The van der Waals surface area contributed by atoms with Crippen LogP contribution in [-0.2, 0) is 0 Å². The van der Waals surface area contributed by atoms with Crippen LogP contribution in [0.5, 0.6) is 0 Å². The molecule has 0 saturated carbocycles. The minimum absolute atomic E-state index is 1.30. The molecule has 0 atom stereocenters. The maximum Gasteiger partial charge on any atom is 0.150 e. The van der Waals surface area contributed by atoms with E-state index in [1.165, 1.54) is 210 Å². The molecular weight excluding hydrogens is 611 g/mol. The van der Waals surface area contributed by atoms with Crippen molar-refractivity contribution in [1.82, 2.24) is 0 Å². The number of halogens is 2. The van der Waals surface area contributed by atoms with Crippen molar-refractivity contribution in [2.75, 3.05) is 4.43 Å². The van der Waals surface area contributed by atoms with E-state index in [0.717, 1.165) is 0 Å². The van der Waals surface area contributed by atoms with Crippen molar-refractivity contribution >= 4 is 41.1 Å². The van der Waals surface area contributed by atoms with Crippen LogP contribution in [0.4, 0.5) is 0 Å². The summed E-state index contributed by atoms with van der Waals surface area (Å²) in [5.74, 6) is 0. The molecule has 0 aromatic rings. The molecule has 0 unspecified atom stereocenters. The van der Waals surface area contributed by atoms with Crippen molar-refractivity contribution in [1.29, 1.82) is 0 Å². The van der Waals surface area contributed by atoms with Gasteiger partial charge < -0.3 is 0 Å². The normalized spacial score (nSPS) is 12.0. The summed E-state index contributed by atoms with van der Waals surface area (Å²) in [6.07, 6.45) is 45.6. The highest BCUT2D eigenvalue weighted by atomic mass is 127. The zero-order valence-corrected chi connectivity index (χ0v) is 30.5. The molecule has 0 spiro atoms. The SMILES string of the molecule is C[Si](C)(Cl)CCCCCCCCCCCCCCCCCCCCCCCCCCCCCCCCCI. The van der Waals surface area contributed by atoms with E-state index in [1.54, 1.807) is 0 Å². The molecule has 0 aliphatic heterocycles. The summed E-state index contributed by atoms with van der Waals surface area (Å²) >= 11 is 8.90. The highest BCUT2D eigenvalue weighted by molar-refractivity contribution is 14.1. The summed E-state index contributed by atoms with van der Waals surface area (Å²) in [7, 11) is -1.31. The minimum atomic E-state index is -1.31. The third-order valence-electron chi connectivity index (χ3n) is 8.40. The van der Waals surface area contributed by atoms with Gasteiger partial charge in [-0.15, -0.1) is 0 Å². The van der Waals surface area contributed by atoms with E-state index in [4.69, 9.17) is 11.1 Å². The minimum Gasteiger partial charge on any atom is -0.168 e. The Kier molecular flexibility index (Phi) is 33.8. The maximum atomic E-state index is 6.39. The van der Waals surface area contributed by atoms with E-state index in [0.29, 0.717) is 0 Å². The highest BCUT2D eigenvalue weighted by Crippen LogP contribution is 2.20. The molecule has 230 valence electrons. The number of unbranched alkanes of at least 4 members (excludes halogenated alkanes) is 30. The Hall–Kier alpha value is 1.24. The molecule has 0 aromatic heterocycles.